The van der Waals surface area contributed by atoms with Gasteiger partial charge in [-0.2, -0.15) is 5.10 Å². The van der Waals surface area contributed by atoms with Crippen LogP contribution in [-0.4, -0.2) is 47.5 Å². The molecule has 0 atom stereocenters. The van der Waals surface area contributed by atoms with Crippen molar-refractivity contribution < 1.29 is 4.74 Å². The topological polar surface area (TPSA) is 76.4 Å². The highest BCUT2D eigenvalue weighted by Gasteiger charge is 2.33. The van der Waals surface area contributed by atoms with Gasteiger partial charge in [0, 0.05) is 45.4 Å². The van der Waals surface area contributed by atoms with E-state index in [4.69, 9.17) is 9.73 Å². The van der Waals surface area contributed by atoms with Crippen molar-refractivity contribution in [3.05, 3.63) is 42.4 Å². The molecule has 0 unspecified atom stereocenters. The van der Waals surface area contributed by atoms with Crippen LogP contribution in [0.4, 0.5) is 0 Å². The summed E-state index contributed by atoms with van der Waals surface area (Å²) in [5, 5.41) is 11.2. The van der Waals surface area contributed by atoms with Crippen LogP contribution in [0.25, 0.3) is 5.82 Å². The van der Waals surface area contributed by atoms with E-state index in [2.05, 4.69) is 27.6 Å². The van der Waals surface area contributed by atoms with E-state index in [9.17, 15) is 0 Å². The van der Waals surface area contributed by atoms with E-state index in [1.807, 2.05) is 24.4 Å². The van der Waals surface area contributed by atoms with Crippen molar-refractivity contribution in [2.24, 2.45) is 10.4 Å². The number of guanidine groups is 1. The normalized spacial score (nSPS) is 15.7. The second kappa shape index (κ2) is 12.1. The van der Waals surface area contributed by atoms with E-state index in [-0.39, 0.29) is 24.0 Å². The molecule has 0 aromatic carbocycles. The third-order valence-electron chi connectivity index (χ3n) is 5.44. The van der Waals surface area contributed by atoms with Gasteiger partial charge in [0.25, 0.3) is 0 Å². The summed E-state index contributed by atoms with van der Waals surface area (Å²) in [6, 6.07) is 5.91. The quantitative estimate of drug-likeness (QED) is 0.306. The van der Waals surface area contributed by atoms with Crippen molar-refractivity contribution in [3.8, 4) is 5.82 Å². The molecule has 2 heterocycles. The molecule has 160 valence electrons. The first-order valence-corrected chi connectivity index (χ1v) is 10.2. The summed E-state index contributed by atoms with van der Waals surface area (Å²) in [6.45, 7) is 5.29. The first-order chi connectivity index (χ1) is 13.7. The van der Waals surface area contributed by atoms with Gasteiger partial charge in [-0.3, -0.25) is 0 Å². The Labute approximate surface area is 190 Å². The number of hydrogen-bond donors (Lipinski definition) is 2. The zero-order chi connectivity index (χ0) is 19.7. The molecule has 29 heavy (non-hydrogen) atoms. The van der Waals surface area contributed by atoms with Gasteiger partial charge >= 0.3 is 0 Å². The van der Waals surface area contributed by atoms with Crippen LogP contribution in [0.3, 0.4) is 0 Å². The van der Waals surface area contributed by atoms with Gasteiger partial charge < -0.3 is 15.4 Å². The van der Waals surface area contributed by atoms with Crippen LogP contribution in [0.15, 0.2) is 41.8 Å². The number of rotatable bonds is 9. The van der Waals surface area contributed by atoms with Crippen molar-refractivity contribution in [1.29, 1.82) is 0 Å². The smallest absolute Gasteiger partial charge is 0.191 e. The number of pyridine rings is 1. The van der Waals surface area contributed by atoms with Crippen molar-refractivity contribution >= 4 is 29.9 Å². The molecule has 1 aliphatic rings. The summed E-state index contributed by atoms with van der Waals surface area (Å²) in [6.07, 6.45) is 11.7. The maximum Gasteiger partial charge on any atom is 0.191 e. The maximum absolute atomic E-state index is 5.34. The molecule has 8 heteroatoms. The Morgan fingerprint density at radius 2 is 2.10 bits per heavy atom. The zero-order valence-electron chi connectivity index (χ0n) is 17.4. The summed E-state index contributed by atoms with van der Waals surface area (Å²) in [5.74, 6) is 1.67. The lowest BCUT2D eigenvalue weighted by molar-refractivity contribution is 0.138. The van der Waals surface area contributed by atoms with Gasteiger partial charge in [0.05, 0.1) is 6.54 Å². The van der Waals surface area contributed by atoms with Crippen molar-refractivity contribution in [2.45, 2.75) is 45.6 Å². The lowest BCUT2D eigenvalue weighted by Gasteiger charge is -2.30. The first-order valence-electron chi connectivity index (χ1n) is 10.2. The van der Waals surface area contributed by atoms with E-state index < -0.39 is 0 Å². The molecule has 1 fully saturated rings. The maximum atomic E-state index is 5.34. The van der Waals surface area contributed by atoms with Gasteiger partial charge in [-0.25, -0.2) is 14.7 Å². The van der Waals surface area contributed by atoms with Crippen LogP contribution >= 0.6 is 24.0 Å². The minimum absolute atomic E-state index is 0. The van der Waals surface area contributed by atoms with Crippen LogP contribution in [0.5, 0.6) is 0 Å². The van der Waals surface area contributed by atoms with E-state index in [1.165, 1.54) is 25.7 Å². The Hall–Kier alpha value is -1.68. The number of nitrogens with zero attached hydrogens (tertiary/aromatic N) is 4. The molecule has 0 aliphatic heterocycles. The van der Waals surface area contributed by atoms with E-state index in [0.717, 1.165) is 43.5 Å². The molecule has 0 radical (unpaired) electrons. The zero-order valence-corrected chi connectivity index (χ0v) is 19.8. The Bertz CT molecular complexity index is 743. The molecule has 0 amide bonds. The standard InChI is InChI=1S/C21H32N6O.HI/c1-3-22-20(25-17-21(10-14-28-2)8-4-5-9-21)24-16-18-7-12-23-19(15-18)27-13-6-11-26-27;/h6-7,11-13,15H,3-5,8-10,14,16-17H2,1-2H3,(H2,22,24,25);1H. The molecule has 1 aliphatic carbocycles. The predicted molar refractivity (Wildman–Crippen MR) is 127 cm³/mol. The van der Waals surface area contributed by atoms with Gasteiger partial charge in [0.1, 0.15) is 0 Å². The highest BCUT2D eigenvalue weighted by molar-refractivity contribution is 14.0. The molecule has 0 saturated heterocycles. The number of hydrogen-bond acceptors (Lipinski definition) is 4. The summed E-state index contributed by atoms with van der Waals surface area (Å²) >= 11 is 0. The predicted octanol–water partition coefficient (Wildman–Crippen LogP) is 3.54. The fraction of sp³-hybridized carbons (Fsp3) is 0.571. The van der Waals surface area contributed by atoms with Crippen LogP contribution in [0, 0.1) is 5.41 Å². The number of halogens is 1. The fourth-order valence-corrected chi connectivity index (χ4v) is 3.83. The second-order valence-corrected chi connectivity index (χ2v) is 7.47. The van der Waals surface area contributed by atoms with Crippen molar-refractivity contribution in [3.63, 3.8) is 0 Å². The summed E-state index contributed by atoms with van der Waals surface area (Å²) in [7, 11) is 1.79. The Balaban J connectivity index is 0.00000300. The van der Waals surface area contributed by atoms with E-state index in [1.54, 1.807) is 24.2 Å². The van der Waals surface area contributed by atoms with Gasteiger partial charge in [0.15, 0.2) is 11.8 Å². The number of nitrogens with one attached hydrogen (secondary N) is 2. The summed E-state index contributed by atoms with van der Waals surface area (Å²) in [4.78, 5) is 9.16. The lowest BCUT2D eigenvalue weighted by atomic mass is 9.83. The molecule has 2 N–H and O–H groups in total. The molecule has 7 nitrogen and oxygen atoms in total. The SMILES string of the molecule is CCNC(=NCc1ccnc(-n2cccn2)c1)NCC1(CCOC)CCCC1.I. The Morgan fingerprint density at radius 1 is 1.28 bits per heavy atom. The second-order valence-electron chi connectivity index (χ2n) is 7.47. The van der Waals surface area contributed by atoms with Gasteiger partial charge in [-0.05, 0) is 55.4 Å². The van der Waals surface area contributed by atoms with Crippen LogP contribution < -0.4 is 10.6 Å². The number of ether oxygens (including phenoxy) is 1. The third-order valence-corrected chi connectivity index (χ3v) is 5.44. The van der Waals surface area contributed by atoms with Crippen LogP contribution in [-0.2, 0) is 11.3 Å². The number of aliphatic imine (C=N–C) groups is 1. The molecule has 0 bridgehead atoms. The van der Waals surface area contributed by atoms with Crippen molar-refractivity contribution in [2.75, 3.05) is 26.8 Å². The first kappa shape index (κ1) is 23.6. The lowest BCUT2D eigenvalue weighted by Crippen LogP contribution is -2.43. The number of aromatic nitrogens is 3. The highest BCUT2D eigenvalue weighted by Crippen LogP contribution is 2.40. The van der Waals surface area contributed by atoms with Crippen LogP contribution in [0.1, 0.15) is 44.6 Å². The van der Waals surface area contributed by atoms with Gasteiger partial charge in [0.2, 0.25) is 0 Å². The molecule has 1 saturated carbocycles. The van der Waals surface area contributed by atoms with Crippen LogP contribution in [0.2, 0.25) is 0 Å². The molecule has 2 aromatic rings. The number of methoxy groups -OCH3 is 1. The highest BCUT2D eigenvalue weighted by atomic mass is 127. The minimum Gasteiger partial charge on any atom is -0.385 e. The monoisotopic (exact) mass is 512 g/mol. The molecule has 2 aromatic heterocycles. The van der Waals surface area contributed by atoms with Gasteiger partial charge in [-0.1, -0.05) is 12.8 Å². The molecule has 0 spiro atoms. The third kappa shape index (κ3) is 6.95. The Kier molecular flexibility index (Phi) is 9.86. The van der Waals surface area contributed by atoms with Crippen molar-refractivity contribution in [1.82, 2.24) is 25.4 Å². The Morgan fingerprint density at radius 3 is 2.79 bits per heavy atom. The molecular weight excluding hydrogens is 479 g/mol. The molecule has 3 rings (SSSR count). The summed E-state index contributed by atoms with van der Waals surface area (Å²) in [5.41, 5.74) is 1.43. The fourth-order valence-electron chi connectivity index (χ4n) is 3.83. The summed E-state index contributed by atoms with van der Waals surface area (Å²) < 4.78 is 7.10. The average molecular weight is 512 g/mol. The van der Waals surface area contributed by atoms with E-state index >= 15 is 0 Å². The largest absolute Gasteiger partial charge is 0.385 e. The minimum atomic E-state index is 0. The molecular formula is C21H33IN6O. The average Bonchev–Trinajstić information content (AvgIpc) is 3.42. The van der Waals surface area contributed by atoms with Gasteiger partial charge in [-0.15, -0.1) is 24.0 Å². The van der Waals surface area contributed by atoms with E-state index in [0.29, 0.717) is 12.0 Å².